The van der Waals surface area contributed by atoms with Crippen LogP contribution in [0.4, 0.5) is 0 Å². The Kier molecular flexibility index (Phi) is 7.32. The van der Waals surface area contributed by atoms with Gasteiger partial charge >= 0.3 is 0 Å². The predicted molar refractivity (Wildman–Crippen MR) is 74.4 cm³/mol. The number of nitrogens with one attached hydrogen (secondary N) is 1. The Morgan fingerprint density at radius 1 is 1.65 bits per heavy atom. The van der Waals surface area contributed by atoms with Crippen LogP contribution in [0.25, 0.3) is 0 Å². The maximum atomic E-state index is 11.6. The first kappa shape index (κ1) is 14.5. The van der Waals surface area contributed by atoms with E-state index in [-0.39, 0.29) is 18.6 Å². The van der Waals surface area contributed by atoms with Gasteiger partial charge in [-0.2, -0.15) is 0 Å². The first-order valence-electron chi connectivity index (χ1n) is 5.76. The van der Waals surface area contributed by atoms with Gasteiger partial charge < -0.3 is 10.4 Å². The minimum absolute atomic E-state index is 0.0619. The lowest BCUT2D eigenvalue weighted by atomic mass is 10.1. The van der Waals surface area contributed by atoms with Crippen molar-refractivity contribution in [3.8, 4) is 0 Å². The van der Waals surface area contributed by atoms with E-state index in [0.717, 1.165) is 12.2 Å². The van der Waals surface area contributed by atoms with Crippen LogP contribution in [-0.2, 0) is 10.5 Å². The zero-order chi connectivity index (χ0) is 12.5. The van der Waals surface area contributed by atoms with E-state index >= 15 is 0 Å². The van der Waals surface area contributed by atoms with Crippen molar-refractivity contribution < 1.29 is 9.90 Å². The van der Waals surface area contributed by atoms with Crippen LogP contribution in [0.3, 0.4) is 0 Å². The van der Waals surface area contributed by atoms with E-state index in [4.69, 9.17) is 5.11 Å². The van der Waals surface area contributed by atoms with Crippen molar-refractivity contribution >= 4 is 29.0 Å². The van der Waals surface area contributed by atoms with E-state index in [1.54, 1.807) is 23.1 Å². The van der Waals surface area contributed by atoms with Crippen LogP contribution in [0.15, 0.2) is 17.5 Å². The molecule has 0 fully saturated rings. The molecule has 1 heterocycles. The predicted octanol–water partition coefficient (Wildman–Crippen LogP) is 2.26. The van der Waals surface area contributed by atoms with Crippen molar-refractivity contribution in [2.24, 2.45) is 0 Å². The van der Waals surface area contributed by atoms with Gasteiger partial charge in [-0.1, -0.05) is 13.0 Å². The quantitative estimate of drug-likeness (QED) is 0.764. The van der Waals surface area contributed by atoms with E-state index < -0.39 is 0 Å². The highest BCUT2D eigenvalue weighted by molar-refractivity contribution is 7.99. The number of thioether (sulfide) groups is 1. The topological polar surface area (TPSA) is 49.3 Å². The molecule has 5 heteroatoms. The van der Waals surface area contributed by atoms with Crippen molar-refractivity contribution in [2.75, 3.05) is 12.4 Å². The number of amides is 1. The molecule has 0 aliphatic carbocycles. The molecule has 0 saturated heterocycles. The van der Waals surface area contributed by atoms with Gasteiger partial charge in [0.1, 0.15) is 0 Å². The van der Waals surface area contributed by atoms with Crippen molar-refractivity contribution in [1.82, 2.24) is 5.32 Å². The molecule has 0 bridgehead atoms. The molecule has 1 rings (SSSR count). The molecule has 1 aromatic rings. The third kappa shape index (κ3) is 6.10. The van der Waals surface area contributed by atoms with Crippen molar-refractivity contribution in [3.05, 3.63) is 22.4 Å². The minimum atomic E-state index is 0.0619. The van der Waals surface area contributed by atoms with Crippen LogP contribution < -0.4 is 5.32 Å². The average molecular weight is 273 g/mol. The number of hydrogen-bond donors (Lipinski definition) is 2. The number of rotatable bonds is 8. The average Bonchev–Trinajstić information content (AvgIpc) is 2.81. The Morgan fingerprint density at radius 2 is 2.47 bits per heavy atom. The number of carbonyl (C=O) groups excluding carboxylic acids is 1. The van der Waals surface area contributed by atoms with Crippen LogP contribution in [-0.4, -0.2) is 29.4 Å². The summed E-state index contributed by atoms with van der Waals surface area (Å²) in [6.45, 7) is 2.14. The van der Waals surface area contributed by atoms with Gasteiger partial charge in [0.25, 0.3) is 0 Å². The molecule has 0 radical (unpaired) electrons. The molecule has 2 N–H and O–H groups in total. The molecule has 1 aromatic heterocycles. The minimum Gasteiger partial charge on any atom is -0.396 e. The molecule has 17 heavy (non-hydrogen) atoms. The lowest BCUT2D eigenvalue weighted by Gasteiger charge is -2.15. The van der Waals surface area contributed by atoms with Crippen LogP contribution in [0.2, 0.25) is 0 Å². The molecule has 0 aromatic carbocycles. The number of hydrogen-bond acceptors (Lipinski definition) is 4. The van der Waals surface area contributed by atoms with Gasteiger partial charge in [-0.3, -0.25) is 4.79 Å². The second-order valence-electron chi connectivity index (χ2n) is 3.76. The van der Waals surface area contributed by atoms with Crippen molar-refractivity contribution in [2.45, 2.75) is 31.6 Å². The van der Waals surface area contributed by atoms with Gasteiger partial charge in [-0.15, -0.1) is 23.1 Å². The molecule has 1 amide bonds. The Labute approximate surface area is 111 Å². The molecule has 1 atom stereocenters. The molecule has 0 aliphatic rings. The SMILES string of the molecule is CCC(CCO)NC(=O)CSCc1cccs1. The maximum Gasteiger partial charge on any atom is 0.230 e. The monoisotopic (exact) mass is 273 g/mol. The zero-order valence-electron chi connectivity index (χ0n) is 10.0. The third-order valence-corrected chi connectivity index (χ3v) is 4.43. The highest BCUT2D eigenvalue weighted by atomic mass is 32.2. The number of carbonyl (C=O) groups is 1. The number of aliphatic hydroxyl groups is 1. The summed E-state index contributed by atoms with van der Waals surface area (Å²) in [7, 11) is 0. The Balaban J connectivity index is 2.16. The highest BCUT2D eigenvalue weighted by Gasteiger charge is 2.09. The zero-order valence-corrected chi connectivity index (χ0v) is 11.6. The van der Waals surface area contributed by atoms with E-state index in [2.05, 4.69) is 11.4 Å². The standard InChI is InChI=1S/C12H19NO2S2/c1-2-10(5-6-14)13-12(15)9-16-8-11-4-3-7-17-11/h3-4,7,10,14H,2,5-6,8-9H2,1H3,(H,13,15). The normalized spacial score (nSPS) is 12.4. The van der Waals surface area contributed by atoms with E-state index in [1.165, 1.54) is 4.88 Å². The van der Waals surface area contributed by atoms with Gasteiger partial charge in [-0.05, 0) is 24.3 Å². The van der Waals surface area contributed by atoms with Crippen molar-refractivity contribution in [1.29, 1.82) is 0 Å². The fourth-order valence-electron chi connectivity index (χ4n) is 1.44. The van der Waals surface area contributed by atoms with Gasteiger partial charge in [0.15, 0.2) is 0 Å². The molecule has 0 aliphatic heterocycles. The summed E-state index contributed by atoms with van der Waals surface area (Å²) in [4.78, 5) is 12.9. The summed E-state index contributed by atoms with van der Waals surface area (Å²) < 4.78 is 0. The fourth-order valence-corrected chi connectivity index (χ4v) is 3.12. The number of aliphatic hydroxyl groups excluding tert-OH is 1. The molecule has 0 saturated carbocycles. The van der Waals surface area contributed by atoms with Gasteiger partial charge in [0.2, 0.25) is 5.91 Å². The van der Waals surface area contributed by atoms with Crippen LogP contribution in [0.1, 0.15) is 24.6 Å². The summed E-state index contributed by atoms with van der Waals surface area (Å²) in [6.07, 6.45) is 1.50. The molecule has 0 spiro atoms. The summed E-state index contributed by atoms with van der Waals surface area (Å²) in [5, 5.41) is 13.8. The van der Waals surface area contributed by atoms with E-state index in [0.29, 0.717) is 12.2 Å². The first-order chi connectivity index (χ1) is 8.26. The summed E-state index contributed by atoms with van der Waals surface area (Å²) in [5.41, 5.74) is 0. The smallest absolute Gasteiger partial charge is 0.230 e. The van der Waals surface area contributed by atoms with Crippen molar-refractivity contribution in [3.63, 3.8) is 0 Å². The summed E-state index contributed by atoms with van der Waals surface area (Å²) in [6, 6.07) is 4.21. The largest absolute Gasteiger partial charge is 0.396 e. The molecule has 3 nitrogen and oxygen atoms in total. The third-order valence-electron chi connectivity index (χ3n) is 2.39. The maximum absolute atomic E-state index is 11.6. The van der Waals surface area contributed by atoms with Crippen LogP contribution >= 0.6 is 23.1 Å². The number of thiophene rings is 1. The van der Waals surface area contributed by atoms with E-state index in [1.807, 2.05) is 18.4 Å². The highest BCUT2D eigenvalue weighted by Crippen LogP contribution is 2.16. The Morgan fingerprint density at radius 3 is 3.06 bits per heavy atom. The summed E-state index contributed by atoms with van der Waals surface area (Å²) >= 11 is 3.34. The molecular weight excluding hydrogens is 254 g/mol. The van der Waals surface area contributed by atoms with Gasteiger partial charge in [-0.25, -0.2) is 0 Å². The molecule has 1 unspecified atom stereocenters. The first-order valence-corrected chi connectivity index (χ1v) is 7.80. The Hall–Kier alpha value is -0.520. The molecule has 96 valence electrons. The van der Waals surface area contributed by atoms with Crippen LogP contribution in [0.5, 0.6) is 0 Å². The molecular formula is C12H19NO2S2. The lowest BCUT2D eigenvalue weighted by molar-refractivity contribution is -0.119. The van der Waals surface area contributed by atoms with E-state index in [9.17, 15) is 4.79 Å². The lowest BCUT2D eigenvalue weighted by Crippen LogP contribution is -2.36. The summed E-state index contributed by atoms with van der Waals surface area (Å²) in [5.74, 6) is 1.44. The fraction of sp³-hybridized carbons (Fsp3) is 0.583. The second kappa shape index (κ2) is 8.55. The Bertz CT molecular complexity index is 314. The second-order valence-corrected chi connectivity index (χ2v) is 5.77. The van der Waals surface area contributed by atoms with Gasteiger partial charge in [0.05, 0.1) is 5.75 Å². The van der Waals surface area contributed by atoms with Crippen LogP contribution in [0, 0.1) is 0 Å². The van der Waals surface area contributed by atoms with Gasteiger partial charge in [0, 0.05) is 23.3 Å².